The highest BCUT2D eigenvalue weighted by Crippen LogP contribution is 2.40. The van der Waals surface area contributed by atoms with Crippen molar-refractivity contribution in [2.24, 2.45) is 5.92 Å². The van der Waals surface area contributed by atoms with Crippen molar-refractivity contribution in [3.8, 4) is 0 Å². The van der Waals surface area contributed by atoms with E-state index in [0.717, 1.165) is 18.4 Å². The molecule has 1 radical (unpaired) electrons. The third-order valence-electron chi connectivity index (χ3n) is 5.40. The van der Waals surface area contributed by atoms with Crippen LogP contribution in [0.4, 0.5) is 0 Å². The molecule has 2 fully saturated rings. The summed E-state index contributed by atoms with van der Waals surface area (Å²) in [4.78, 5) is 10.7. The van der Waals surface area contributed by atoms with Crippen LogP contribution >= 0.6 is 0 Å². The van der Waals surface area contributed by atoms with Crippen LogP contribution in [0, 0.1) is 12.8 Å². The number of hydrogen-bond donors (Lipinski definition) is 0. The molecule has 201 valence electrons. The van der Waals surface area contributed by atoms with Gasteiger partial charge in [-0.05, 0) is 52.4 Å². The van der Waals surface area contributed by atoms with Gasteiger partial charge in [0.15, 0.2) is 0 Å². The largest absolute Gasteiger partial charge is 0.500 e. The molecule has 1 aliphatic carbocycles. The van der Waals surface area contributed by atoms with Crippen LogP contribution in [0.1, 0.15) is 52.9 Å². The smallest absolute Gasteiger partial charge is 0.463 e. The van der Waals surface area contributed by atoms with Gasteiger partial charge >= 0.3 is 24.3 Å². The van der Waals surface area contributed by atoms with Gasteiger partial charge in [-0.1, -0.05) is 19.9 Å². The van der Waals surface area contributed by atoms with Gasteiger partial charge in [-0.2, -0.15) is 0 Å². The summed E-state index contributed by atoms with van der Waals surface area (Å²) in [6.45, 7) is 15.4. The van der Waals surface area contributed by atoms with Crippen LogP contribution < -0.4 is 0 Å². The third-order valence-corrected chi connectivity index (χ3v) is 10.0. The van der Waals surface area contributed by atoms with E-state index in [1.807, 2.05) is 20.8 Å². The molecule has 9 nitrogen and oxygen atoms in total. The molecular weight excluding hydrogens is 476 g/mol. The highest BCUT2D eigenvalue weighted by Gasteiger charge is 2.43. The first-order valence-electron chi connectivity index (χ1n) is 12.1. The molecule has 2 rings (SSSR count). The first-order chi connectivity index (χ1) is 16.4. The van der Waals surface area contributed by atoms with Crippen LogP contribution in [-0.4, -0.2) is 84.3 Å². The number of ether oxygens (including phenoxy) is 2. The normalized spacial score (nSPS) is 20.9. The van der Waals surface area contributed by atoms with Crippen molar-refractivity contribution in [3.05, 3.63) is 19.6 Å². The Morgan fingerprint density at radius 2 is 1.56 bits per heavy atom. The Bertz CT molecular complexity index is 498. The van der Waals surface area contributed by atoms with Gasteiger partial charge in [-0.15, -0.1) is 0 Å². The number of esters is 1. The Balaban J connectivity index is 0.000000499. The molecule has 34 heavy (non-hydrogen) atoms. The molecule has 11 heteroatoms. The van der Waals surface area contributed by atoms with Gasteiger partial charge in [-0.25, -0.2) is 4.79 Å². The standard InChI is InChI=1S/C9H18O5Si.C8H13O.C6H16O3Si/c1-5-9(10)14-7-6-8-15(11-2,12-3)13-4;1-2-6-3-4-7-8(5-6)9-7;1-4-7-10(8-5-2)9-6-3/h5H,1,6-8H2,2-4H3;6-8H,1-5H2;10H,4-6H2,1-3H3. The van der Waals surface area contributed by atoms with Crippen LogP contribution in [-0.2, 0) is 40.8 Å². The van der Waals surface area contributed by atoms with Crippen molar-refractivity contribution < 1.29 is 40.8 Å². The lowest BCUT2D eigenvalue weighted by atomic mass is 9.88. The van der Waals surface area contributed by atoms with Crippen LogP contribution in [0.25, 0.3) is 0 Å². The van der Waals surface area contributed by atoms with Gasteiger partial charge in [0.25, 0.3) is 0 Å². The fourth-order valence-corrected chi connectivity index (χ4v) is 6.17. The molecule has 0 aromatic carbocycles. The number of rotatable bonds is 15. The van der Waals surface area contributed by atoms with E-state index in [9.17, 15) is 4.79 Å². The summed E-state index contributed by atoms with van der Waals surface area (Å²) < 4.78 is 41.5. The maximum atomic E-state index is 10.7. The molecule has 2 aliphatic rings. The summed E-state index contributed by atoms with van der Waals surface area (Å²) in [6, 6.07) is 0.612. The van der Waals surface area contributed by atoms with E-state index in [1.165, 1.54) is 19.3 Å². The van der Waals surface area contributed by atoms with Crippen molar-refractivity contribution in [2.45, 2.75) is 71.1 Å². The molecule has 0 aromatic heterocycles. The van der Waals surface area contributed by atoms with Gasteiger partial charge in [0.05, 0.1) is 18.8 Å². The predicted octanol–water partition coefficient (Wildman–Crippen LogP) is 3.57. The van der Waals surface area contributed by atoms with Crippen LogP contribution in [0.5, 0.6) is 0 Å². The van der Waals surface area contributed by atoms with Gasteiger partial charge in [0.2, 0.25) is 0 Å². The minimum Gasteiger partial charge on any atom is -0.463 e. The Morgan fingerprint density at radius 1 is 1.00 bits per heavy atom. The number of hydrogen-bond acceptors (Lipinski definition) is 9. The minimum atomic E-state index is -2.52. The average molecular weight is 524 g/mol. The zero-order valence-corrected chi connectivity index (χ0v) is 24.2. The topological polar surface area (TPSA) is 94.2 Å². The van der Waals surface area contributed by atoms with Crippen LogP contribution in [0.3, 0.4) is 0 Å². The number of carbonyl (C=O) groups excluding carboxylic acids is 1. The third kappa shape index (κ3) is 14.7. The van der Waals surface area contributed by atoms with Crippen molar-refractivity contribution in [3.63, 3.8) is 0 Å². The highest BCUT2D eigenvalue weighted by atomic mass is 28.4. The monoisotopic (exact) mass is 523 g/mol. The molecule has 0 bridgehead atoms. The van der Waals surface area contributed by atoms with Gasteiger partial charge < -0.3 is 36.0 Å². The molecule has 1 heterocycles. The van der Waals surface area contributed by atoms with E-state index in [0.29, 0.717) is 51.1 Å². The predicted molar refractivity (Wildman–Crippen MR) is 135 cm³/mol. The quantitative estimate of drug-likeness (QED) is 0.105. The Hall–Kier alpha value is -0.636. The minimum absolute atomic E-state index is 0.315. The number of carbonyl (C=O) groups is 1. The summed E-state index contributed by atoms with van der Waals surface area (Å²) >= 11 is 0. The van der Waals surface area contributed by atoms with Gasteiger partial charge in [0, 0.05) is 53.3 Å². The van der Waals surface area contributed by atoms with Crippen molar-refractivity contribution >= 4 is 24.3 Å². The summed E-state index contributed by atoms with van der Waals surface area (Å²) in [5, 5.41) is 0. The fraction of sp³-hybridized carbons (Fsp3) is 0.826. The average Bonchev–Trinajstić information content (AvgIpc) is 3.65. The Morgan fingerprint density at radius 3 is 1.97 bits per heavy atom. The zero-order chi connectivity index (χ0) is 25.8. The molecule has 1 saturated heterocycles. The second kappa shape index (κ2) is 20.5. The molecule has 0 aromatic rings. The van der Waals surface area contributed by atoms with E-state index in [2.05, 4.69) is 13.5 Å². The van der Waals surface area contributed by atoms with E-state index in [4.69, 9.17) is 36.0 Å². The van der Waals surface area contributed by atoms with Gasteiger partial charge in [-0.3, -0.25) is 0 Å². The second-order valence-electron chi connectivity index (χ2n) is 7.61. The van der Waals surface area contributed by atoms with Crippen molar-refractivity contribution in [2.75, 3.05) is 47.8 Å². The zero-order valence-electron chi connectivity index (χ0n) is 22.0. The summed E-state index contributed by atoms with van der Waals surface area (Å²) in [5.41, 5.74) is 0. The lowest BCUT2D eigenvalue weighted by molar-refractivity contribution is -0.137. The molecule has 1 saturated carbocycles. The Labute approximate surface area is 209 Å². The lowest BCUT2D eigenvalue weighted by Crippen LogP contribution is -2.42. The molecule has 0 amide bonds. The maximum Gasteiger partial charge on any atom is 0.500 e. The Kier molecular flexibility index (Phi) is 20.2. The van der Waals surface area contributed by atoms with E-state index in [-0.39, 0.29) is 0 Å². The highest BCUT2D eigenvalue weighted by molar-refractivity contribution is 6.60. The van der Waals surface area contributed by atoms with E-state index in [1.54, 1.807) is 21.3 Å². The summed E-state index contributed by atoms with van der Waals surface area (Å²) in [6.07, 6.45) is 8.11. The van der Waals surface area contributed by atoms with Crippen LogP contribution in [0.15, 0.2) is 12.7 Å². The van der Waals surface area contributed by atoms with E-state index >= 15 is 0 Å². The van der Waals surface area contributed by atoms with Crippen LogP contribution in [0.2, 0.25) is 6.04 Å². The molecule has 0 spiro atoms. The molecule has 1 aliphatic heterocycles. The molecule has 3 atom stereocenters. The molecule has 3 unspecified atom stereocenters. The number of epoxide rings is 1. The molecule has 0 N–H and O–H groups in total. The van der Waals surface area contributed by atoms with Crippen molar-refractivity contribution in [1.29, 1.82) is 0 Å². The number of fused-ring (bicyclic) bond motifs is 1. The van der Waals surface area contributed by atoms with E-state index < -0.39 is 24.3 Å². The maximum absolute atomic E-state index is 10.7. The summed E-state index contributed by atoms with van der Waals surface area (Å²) in [5.74, 6) is 0.447. The SMILES string of the molecule is C=CC(=O)OCCC[Si](OC)(OC)OC.CCO[SiH](OCC)OCC.[CH2]CC1CCC2OC2C1. The lowest BCUT2D eigenvalue weighted by Gasteiger charge is -2.23. The van der Waals surface area contributed by atoms with Crippen molar-refractivity contribution in [1.82, 2.24) is 0 Å². The summed E-state index contributed by atoms with van der Waals surface area (Å²) in [7, 11) is 0.401. The first kappa shape index (κ1) is 33.4. The van der Waals surface area contributed by atoms with Gasteiger partial charge in [0.1, 0.15) is 0 Å². The fourth-order valence-electron chi connectivity index (χ4n) is 3.38. The second-order valence-corrected chi connectivity index (χ2v) is 12.3. The molecular formula is C23H47O9Si2. The first-order valence-corrected chi connectivity index (χ1v) is 15.5.